The fourth-order valence-corrected chi connectivity index (χ4v) is 4.97. The summed E-state index contributed by atoms with van der Waals surface area (Å²) in [6, 6.07) is 7.12. The van der Waals surface area contributed by atoms with Crippen LogP contribution >= 0.6 is 0 Å². The Morgan fingerprint density at radius 2 is 2.00 bits per heavy atom. The van der Waals surface area contributed by atoms with E-state index >= 15 is 0 Å². The number of anilines is 1. The van der Waals surface area contributed by atoms with Crippen LogP contribution < -0.4 is 10.6 Å². The van der Waals surface area contributed by atoms with Crippen LogP contribution in [0.15, 0.2) is 59.7 Å². The highest BCUT2D eigenvalue weighted by Gasteiger charge is 2.64. The Hall–Kier alpha value is -3.35. The Kier molecular flexibility index (Phi) is 4.80. The van der Waals surface area contributed by atoms with E-state index < -0.39 is 17.3 Å². The highest BCUT2D eigenvalue weighted by atomic mass is 16.5. The van der Waals surface area contributed by atoms with Gasteiger partial charge in [-0.05, 0) is 18.4 Å². The Labute approximate surface area is 181 Å². The molecule has 1 aromatic carbocycles. The minimum absolute atomic E-state index is 0.0881. The lowest BCUT2D eigenvalue weighted by atomic mass is 9.62. The van der Waals surface area contributed by atoms with E-state index in [1.807, 2.05) is 13.8 Å². The quantitative estimate of drug-likeness (QED) is 0.592. The summed E-state index contributed by atoms with van der Waals surface area (Å²) < 4.78 is 11.1. The number of amides is 1. The van der Waals surface area contributed by atoms with Crippen LogP contribution in [0.4, 0.5) is 5.69 Å². The zero-order valence-electron chi connectivity index (χ0n) is 18.0. The molecule has 31 heavy (non-hydrogen) atoms. The Morgan fingerprint density at radius 1 is 1.29 bits per heavy atom. The molecule has 0 saturated carbocycles. The van der Waals surface area contributed by atoms with Crippen molar-refractivity contribution >= 4 is 23.3 Å². The van der Waals surface area contributed by atoms with Crippen molar-refractivity contribution < 1.29 is 23.9 Å². The van der Waals surface area contributed by atoms with E-state index in [0.29, 0.717) is 23.4 Å². The van der Waals surface area contributed by atoms with Gasteiger partial charge in [-0.2, -0.15) is 0 Å². The maximum Gasteiger partial charge on any atom is 0.341 e. The van der Waals surface area contributed by atoms with E-state index in [1.165, 1.54) is 4.90 Å². The second kappa shape index (κ2) is 7.11. The summed E-state index contributed by atoms with van der Waals surface area (Å²) in [6.45, 7) is 9.64. The minimum Gasteiger partial charge on any atom is -0.462 e. The second-order valence-corrected chi connectivity index (χ2v) is 8.77. The van der Waals surface area contributed by atoms with Gasteiger partial charge in [0, 0.05) is 30.6 Å². The summed E-state index contributed by atoms with van der Waals surface area (Å²) in [4.78, 5) is 42.3. The van der Waals surface area contributed by atoms with E-state index in [2.05, 4.69) is 6.58 Å². The second-order valence-electron chi connectivity index (χ2n) is 8.77. The number of fused-ring (bicyclic) bond motifs is 3. The Bertz CT molecular complexity index is 1080. The largest absolute Gasteiger partial charge is 0.462 e. The van der Waals surface area contributed by atoms with Crippen LogP contribution in [0.5, 0.6) is 0 Å². The average Bonchev–Trinajstić information content (AvgIpc) is 2.91. The van der Waals surface area contributed by atoms with E-state index in [4.69, 9.17) is 15.2 Å². The molecule has 0 bridgehead atoms. The monoisotopic (exact) mass is 422 g/mol. The topological polar surface area (TPSA) is 98.9 Å². The first-order valence-corrected chi connectivity index (χ1v) is 10.3. The van der Waals surface area contributed by atoms with Gasteiger partial charge in [0.05, 0.1) is 12.2 Å². The van der Waals surface area contributed by atoms with Gasteiger partial charge in [0.25, 0.3) is 0 Å². The Morgan fingerprint density at radius 3 is 2.68 bits per heavy atom. The van der Waals surface area contributed by atoms with Gasteiger partial charge in [-0.25, -0.2) is 4.79 Å². The predicted octanol–water partition coefficient (Wildman–Crippen LogP) is 2.86. The van der Waals surface area contributed by atoms with Crippen LogP contribution in [0.25, 0.3) is 0 Å². The third-order valence-electron chi connectivity index (χ3n) is 6.02. The number of ketones is 1. The molecule has 1 aliphatic carbocycles. The maximum absolute atomic E-state index is 14.1. The van der Waals surface area contributed by atoms with Gasteiger partial charge in [-0.1, -0.05) is 38.1 Å². The van der Waals surface area contributed by atoms with Gasteiger partial charge in [0.2, 0.25) is 11.8 Å². The molecule has 4 rings (SSSR count). The summed E-state index contributed by atoms with van der Waals surface area (Å²) in [5, 5.41) is 0. The summed E-state index contributed by atoms with van der Waals surface area (Å²) in [5.74, 6) is -1.29. The van der Waals surface area contributed by atoms with Crippen molar-refractivity contribution in [2.45, 2.75) is 39.0 Å². The summed E-state index contributed by atoms with van der Waals surface area (Å²) in [5.41, 5.74) is 5.39. The first kappa shape index (κ1) is 20.9. The van der Waals surface area contributed by atoms with Crippen molar-refractivity contribution in [1.82, 2.24) is 0 Å². The van der Waals surface area contributed by atoms with Crippen LogP contribution in [0.1, 0.15) is 39.2 Å². The molecule has 1 aromatic rings. The van der Waals surface area contributed by atoms with Crippen LogP contribution in [0.3, 0.4) is 0 Å². The van der Waals surface area contributed by atoms with Gasteiger partial charge in [-0.15, -0.1) is 6.58 Å². The van der Waals surface area contributed by atoms with Crippen LogP contribution in [-0.2, 0) is 29.3 Å². The molecule has 0 saturated heterocycles. The van der Waals surface area contributed by atoms with Gasteiger partial charge < -0.3 is 20.1 Å². The molecular formula is C24H26N2O5. The van der Waals surface area contributed by atoms with Crippen molar-refractivity contribution in [1.29, 1.82) is 0 Å². The van der Waals surface area contributed by atoms with Crippen molar-refractivity contribution in [3.05, 3.63) is 65.3 Å². The SMILES string of the molecule is C=CCN1C(=O)[C@@]2(C(C(=O)OCC)=C(N)OC3=C2C(=O)CC(C)(C)C3)c2ccccc21. The molecule has 0 aromatic heterocycles. The number of nitrogens with two attached hydrogens (primary N) is 1. The van der Waals surface area contributed by atoms with Gasteiger partial charge in [-0.3, -0.25) is 9.59 Å². The standard InChI is InChI=1S/C24H26N2O5/c1-5-11-26-15-10-8-7-9-14(15)24(22(26)29)18-16(27)12-23(3,4)13-17(18)31-20(25)19(24)21(28)30-6-2/h5,7-10H,1,6,11-13,25H2,2-4H3/t24-/m0/s1. The van der Waals surface area contributed by atoms with Gasteiger partial charge in [0.15, 0.2) is 5.78 Å². The van der Waals surface area contributed by atoms with Gasteiger partial charge in [0.1, 0.15) is 16.7 Å². The number of carbonyl (C=O) groups excluding carboxylic acids is 3. The number of ether oxygens (including phenoxy) is 2. The maximum atomic E-state index is 14.1. The molecule has 2 N–H and O–H groups in total. The molecule has 162 valence electrons. The first-order valence-electron chi connectivity index (χ1n) is 10.3. The third-order valence-corrected chi connectivity index (χ3v) is 6.02. The molecule has 1 spiro atoms. The third kappa shape index (κ3) is 2.83. The number of esters is 1. The average molecular weight is 422 g/mol. The van der Waals surface area contributed by atoms with Crippen LogP contribution in [0, 0.1) is 5.41 Å². The molecule has 7 heteroatoms. The first-order chi connectivity index (χ1) is 14.7. The summed E-state index contributed by atoms with van der Waals surface area (Å²) in [6.07, 6.45) is 2.25. The lowest BCUT2D eigenvalue weighted by Gasteiger charge is -2.42. The highest BCUT2D eigenvalue weighted by molar-refractivity contribution is 6.23. The van der Waals surface area contributed by atoms with E-state index in [0.717, 1.165) is 0 Å². The summed E-state index contributed by atoms with van der Waals surface area (Å²) >= 11 is 0. The molecule has 2 heterocycles. The van der Waals surface area contributed by atoms with Crippen molar-refractivity contribution in [2.75, 3.05) is 18.1 Å². The Balaban J connectivity index is 2.09. The number of allylic oxidation sites excluding steroid dienone is 1. The molecule has 2 aliphatic heterocycles. The van der Waals surface area contributed by atoms with Crippen molar-refractivity contribution in [3.63, 3.8) is 0 Å². The minimum atomic E-state index is -1.70. The van der Waals surface area contributed by atoms with E-state index in [-0.39, 0.29) is 47.8 Å². The van der Waals surface area contributed by atoms with Crippen molar-refractivity contribution in [2.24, 2.45) is 11.1 Å². The zero-order chi connectivity index (χ0) is 22.6. The predicted molar refractivity (Wildman–Crippen MR) is 115 cm³/mol. The normalized spacial score (nSPS) is 24.2. The number of hydrogen-bond donors (Lipinski definition) is 1. The van der Waals surface area contributed by atoms with Crippen LogP contribution in [0.2, 0.25) is 0 Å². The number of rotatable bonds is 4. The molecular weight excluding hydrogens is 396 g/mol. The van der Waals surface area contributed by atoms with Crippen LogP contribution in [-0.4, -0.2) is 30.8 Å². The molecule has 1 amide bonds. The molecule has 1 atom stereocenters. The summed E-state index contributed by atoms with van der Waals surface area (Å²) in [7, 11) is 0. The molecule has 0 radical (unpaired) electrons. The number of Topliss-reactive ketones (excluding diaryl/α,β-unsaturated/α-hetero) is 1. The van der Waals surface area contributed by atoms with Gasteiger partial charge >= 0.3 is 5.97 Å². The van der Waals surface area contributed by atoms with E-state index in [9.17, 15) is 14.4 Å². The number of para-hydroxylation sites is 1. The fourth-order valence-electron chi connectivity index (χ4n) is 4.97. The molecule has 7 nitrogen and oxygen atoms in total. The lowest BCUT2D eigenvalue weighted by molar-refractivity contribution is -0.141. The highest BCUT2D eigenvalue weighted by Crippen LogP contribution is 2.57. The lowest BCUT2D eigenvalue weighted by Crippen LogP contribution is -2.52. The fraction of sp³-hybridized carbons (Fsp3) is 0.375. The molecule has 0 unspecified atom stereocenters. The smallest absolute Gasteiger partial charge is 0.341 e. The van der Waals surface area contributed by atoms with Crippen molar-refractivity contribution in [3.8, 4) is 0 Å². The number of benzene rings is 1. The zero-order valence-corrected chi connectivity index (χ0v) is 18.0. The number of hydrogen-bond acceptors (Lipinski definition) is 6. The number of nitrogens with zero attached hydrogens (tertiary/aromatic N) is 1. The molecule has 3 aliphatic rings. The molecule has 0 fully saturated rings. The van der Waals surface area contributed by atoms with E-state index in [1.54, 1.807) is 37.3 Å². The number of carbonyl (C=O) groups is 3.